The van der Waals surface area contributed by atoms with Crippen LogP contribution in [0.4, 0.5) is 0 Å². The van der Waals surface area contributed by atoms with Crippen LogP contribution in [0.2, 0.25) is 0 Å². The number of nitrogens with one attached hydrogen (secondary N) is 1. The van der Waals surface area contributed by atoms with Crippen molar-refractivity contribution < 1.29 is 4.42 Å². The second kappa shape index (κ2) is 5.84. The normalized spacial score (nSPS) is 11.2. The first kappa shape index (κ1) is 13.5. The van der Waals surface area contributed by atoms with Crippen LogP contribution in [0.15, 0.2) is 33.7 Å². The molecule has 5 nitrogen and oxygen atoms in total. The van der Waals surface area contributed by atoms with E-state index in [1.165, 1.54) is 0 Å². The molecule has 2 heterocycles. The Labute approximate surface area is 112 Å². The minimum absolute atomic E-state index is 0.260. The molecule has 5 heteroatoms. The van der Waals surface area contributed by atoms with Crippen molar-refractivity contribution in [2.75, 3.05) is 0 Å². The molecule has 0 spiro atoms. The molecule has 0 amide bonds. The fourth-order valence-electron chi connectivity index (χ4n) is 1.75. The minimum atomic E-state index is -0.260. The number of aromatic nitrogens is 2. The summed E-state index contributed by atoms with van der Waals surface area (Å²) in [6.45, 7) is 7.18. The highest BCUT2D eigenvalue weighted by Gasteiger charge is 2.05. The summed E-state index contributed by atoms with van der Waals surface area (Å²) in [4.78, 5) is 15.4. The number of hydrogen-bond acceptors (Lipinski definition) is 4. The Morgan fingerprint density at radius 3 is 2.84 bits per heavy atom. The quantitative estimate of drug-likeness (QED) is 0.889. The standard InChI is InChI=1S/C14H19N3O2/c1-10(2)15-7-12-4-5-13(19-12)9-17-8-11(3)6-16-14(17)18/h4-6,8,10,15H,7,9H2,1-3H3. The molecule has 0 fully saturated rings. The smallest absolute Gasteiger partial charge is 0.347 e. The van der Waals surface area contributed by atoms with Gasteiger partial charge in [0.25, 0.3) is 0 Å². The lowest BCUT2D eigenvalue weighted by atomic mass is 10.3. The maximum atomic E-state index is 11.6. The third kappa shape index (κ3) is 3.79. The highest BCUT2D eigenvalue weighted by atomic mass is 16.3. The van der Waals surface area contributed by atoms with Crippen molar-refractivity contribution in [2.24, 2.45) is 0 Å². The van der Waals surface area contributed by atoms with Crippen LogP contribution in [0.3, 0.4) is 0 Å². The summed E-state index contributed by atoms with van der Waals surface area (Å²) in [5.74, 6) is 1.63. The lowest BCUT2D eigenvalue weighted by molar-refractivity contribution is 0.424. The third-order valence-electron chi connectivity index (χ3n) is 2.71. The Balaban J connectivity index is 2.07. The van der Waals surface area contributed by atoms with Gasteiger partial charge in [-0.15, -0.1) is 0 Å². The van der Waals surface area contributed by atoms with Gasteiger partial charge in [-0.05, 0) is 24.6 Å². The molecule has 0 radical (unpaired) electrons. The van der Waals surface area contributed by atoms with E-state index in [2.05, 4.69) is 24.1 Å². The molecule has 0 aliphatic rings. The molecule has 0 aliphatic carbocycles. The van der Waals surface area contributed by atoms with Gasteiger partial charge in [-0.25, -0.2) is 9.78 Å². The van der Waals surface area contributed by atoms with E-state index in [-0.39, 0.29) is 5.69 Å². The largest absolute Gasteiger partial charge is 0.463 e. The van der Waals surface area contributed by atoms with E-state index in [0.29, 0.717) is 19.1 Å². The van der Waals surface area contributed by atoms with E-state index >= 15 is 0 Å². The first-order chi connectivity index (χ1) is 9.04. The van der Waals surface area contributed by atoms with Crippen molar-refractivity contribution in [3.05, 3.63) is 52.1 Å². The van der Waals surface area contributed by atoms with Crippen LogP contribution in [0.1, 0.15) is 30.9 Å². The fourth-order valence-corrected chi connectivity index (χ4v) is 1.75. The highest BCUT2D eigenvalue weighted by molar-refractivity contribution is 5.09. The molecule has 0 bridgehead atoms. The van der Waals surface area contributed by atoms with Gasteiger partial charge >= 0.3 is 5.69 Å². The Hall–Kier alpha value is -1.88. The maximum absolute atomic E-state index is 11.6. The van der Waals surface area contributed by atoms with Crippen LogP contribution in [0, 0.1) is 6.92 Å². The second-order valence-electron chi connectivity index (χ2n) is 4.95. The average Bonchev–Trinajstić information content (AvgIpc) is 2.79. The summed E-state index contributed by atoms with van der Waals surface area (Å²) in [5.41, 5.74) is 0.691. The predicted octanol–water partition coefficient (Wildman–Crippen LogP) is 1.69. The molecule has 1 N–H and O–H groups in total. The molecule has 0 aromatic carbocycles. The zero-order valence-electron chi connectivity index (χ0n) is 11.5. The van der Waals surface area contributed by atoms with Crippen molar-refractivity contribution in [3.8, 4) is 0 Å². The number of hydrogen-bond donors (Lipinski definition) is 1. The van der Waals surface area contributed by atoms with Crippen LogP contribution in [-0.4, -0.2) is 15.6 Å². The number of nitrogens with zero attached hydrogens (tertiary/aromatic N) is 2. The van der Waals surface area contributed by atoms with Crippen LogP contribution in [0.25, 0.3) is 0 Å². The Kier molecular flexibility index (Phi) is 4.16. The molecular weight excluding hydrogens is 242 g/mol. The summed E-state index contributed by atoms with van der Waals surface area (Å²) in [5, 5.41) is 3.28. The van der Waals surface area contributed by atoms with Gasteiger partial charge in [-0.2, -0.15) is 0 Å². The summed E-state index contributed by atoms with van der Waals surface area (Å²) >= 11 is 0. The van der Waals surface area contributed by atoms with Crippen LogP contribution in [0.5, 0.6) is 0 Å². The summed E-state index contributed by atoms with van der Waals surface area (Å²) in [7, 11) is 0. The minimum Gasteiger partial charge on any atom is -0.463 e. The lowest BCUT2D eigenvalue weighted by Crippen LogP contribution is -2.22. The zero-order chi connectivity index (χ0) is 13.8. The summed E-state index contributed by atoms with van der Waals surface area (Å²) < 4.78 is 7.23. The predicted molar refractivity (Wildman–Crippen MR) is 73.0 cm³/mol. The Morgan fingerprint density at radius 2 is 2.11 bits per heavy atom. The van der Waals surface area contributed by atoms with Gasteiger partial charge in [-0.1, -0.05) is 13.8 Å². The molecule has 0 saturated heterocycles. The van der Waals surface area contributed by atoms with E-state index in [0.717, 1.165) is 17.1 Å². The molecule has 2 rings (SSSR count). The van der Waals surface area contributed by atoms with Gasteiger partial charge in [0.2, 0.25) is 0 Å². The first-order valence-corrected chi connectivity index (χ1v) is 6.38. The molecular formula is C14H19N3O2. The van der Waals surface area contributed by atoms with Crippen molar-refractivity contribution in [1.29, 1.82) is 0 Å². The molecule has 0 unspecified atom stereocenters. The SMILES string of the molecule is Cc1cnc(=O)n(Cc2ccc(CNC(C)C)o2)c1. The zero-order valence-corrected chi connectivity index (χ0v) is 11.5. The van der Waals surface area contributed by atoms with Crippen molar-refractivity contribution in [3.63, 3.8) is 0 Å². The van der Waals surface area contributed by atoms with Gasteiger partial charge in [0, 0.05) is 18.4 Å². The molecule has 102 valence electrons. The molecule has 0 atom stereocenters. The van der Waals surface area contributed by atoms with Crippen molar-refractivity contribution in [1.82, 2.24) is 14.9 Å². The first-order valence-electron chi connectivity index (χ1n) is 6.38. The van der Waals surface area contributed by atoms with Gasteiger partial charge in [0.1, 0.15) is 11.5 Å². The summed E-state index contributed by atoms with van der Waals surface area (Å²) in [6.07, 6.45) is 3.35. The van der Waals surface area contributed by atoms with Crippen LogP contribution < -0.4 is 11.0 Å². The van der Waals surface area contributed by atoms with Crippen molar-refractivity contribution >= 4 is 0 Å². The highest BCUT2D eigenvalue weighted by Crippen LogP contribution is 2.09. The van der Waals surface area contributed by atoms with Gasteiger partial charge in [0.15, 0.2) is 0 Å². The average molecular weight is 261 g/mol. The fraction of sp³-hybridized carbons (Fsp3) is 0.429. The molecule has 2 aromatic rings. The lowest BCUT2D eigenvalue weighted by Gasteiger charge is -2.05. The third-order valence-corrected chi connectivity index (χ3v) is 2.71. The summed E-state index contributed by atoms with van der Waals surface area (Å²) in [6, 6.07) is 4.24. The maximum Gasteiger partial charge on any atom is 0.347 e. The Morgan fingerprint density at radius 1 is 1.37 bits per heavy atom. The molecule has 0 saturated carbocycles. The number of furan rings is 1. The Bertz CT molecular complexity index is 599. The molecule has 0 aliphatic heterocycles. The molecule has 19 heavy (non-hydrogen) atoms. The van der Waals surface area contributed by atoms with E-state index in [1.807, 2.05) is 19.1 Å². The topological polar surface area (TPSA) is 60.1 Å². The van der Waals surface area contributed by atoms with E-state index in [1.54, 1.807) is 17.0 Å². The van der Waals surface area contributed by atoms with Crippen LogP contribution >= 0.6 is 0 Å². The van der Waals surface area contributed by atoms with Crippen molar-refractivity contribution in [2.45, 2.75) is 39.9 Å². The van der Waals surface area contributed by atoms with E-state index < -0.39 is 0 Å². The monoisotopic (exact) mass is 261 g/mol. The van der Waals surface area contributed by atoms with E-state index in [4.69, 9.17) is 4.42 Å². The number of rotatable bonds is 5. The van der Waals surface area contributed by atoms with Gasteiger partial charge in [-0.3, -0.25) is 4.57 Å². The van der Waals surface area contributed by atoms with Gasteiger partial charge < -0.3 is 9.73 Å². The number of aryl methyl sites for hydroxylation is 1. The second-order valence-corrected chi connectivity index (χ2v) is 4.95. The molecule has 2 aromatic heterocycles. The van der Waals surface area contributed by atoms with E-state index in [9.17, 15) is 4.79 Å². The van der Waals surface area contributed by atoms with Gasteiger partial charge in [0.05, 0.1) is 13.1 Å². The van der Waals surface area contributed by atoms with Crippen LogP contribution in [-0.2, 0) is 13.1 Å².